The largest absolute Gasteiger partial charge is 0.465 e. The summed E-state index contributed by atoms with van der Waals surface area (Å²) in [7, 11) is 1.35. The van der Waals surface area contributed by atoms with Crippen molar-refractivity contribution in [2.45, 2.75) is 24.7 Å². The van der Waals surface area contributed by atoms with Gasteiger partial charge < -0.3 is 10.1 Å². The second kappa shape index (κ2) is 10.2. The molecule has 2 aromatic carbocycles. The Morgan fingerprint density at radius 2 is 1.83 bits per heavy atom. The predicted octanol–water partition coefficient (Wildman–Crippen LogP) is 5.42. The van der Waals surface area contributed by atoms with E-state index in [1.807, 2.05) is 17.5 Å². The third-order valence-electron chi connectivity index (χ3n) is 4.19. The maximum atomic E-state index is 12.2. The van der Waals surface area contributed by atoms with E-state index in [1.54, 1.807) is 23.9 Å². The summed E-state index contributed by atoms with van der Waals surface area (Å²) in [4.78, 5) is 29.4. The van der Waals surface area contributed by atoms with Crippen molar-refractivity contribution in [3.8, 4) is 11.3 Å². The van der Waals surface area contributed by atoms with Crippen LogP contribution in [0.15, 0.2) is 58.8 Å². The topological polar surface area (TPSA) is 68.3 Å². The second-order valence-electron chi connectivity index (χ2n) is 6.42. The molecule has 0 saturated carbocycles. The number of esters is 1. The van der Waals surface area contributed by atoms with Crippen molar-refractivity contribution in [1.29, 1.82) is 0 Å². The molecule has 0 bridgehead atoms. The molecule has 3 rings (SSSR count). The first-order valence-corrected chi connectivity index (χ1v) is 11.1. The van der Waals surface area contributed by atoms with Gasteiger partial charge in [0.05, 0.1) is 18.4 Å². The van der Waals surface area contributed by atoms with Crippen LogP contribution >= 0.6 is 23.1 Å². The fourth-order valence-corrected chi connectivity index (χ4v) is 4.19. The van der Waals surface area contributed by atoms with Crippen molar-refractivity contribution in [1.82, 2.24) is 4.98 Å². The van der Waals surface area contributed by atoms with Crippen molar-refractivity contribution in [3.05, 3.63) is 65.0 Å². The number of thiazole rings is 1. The Hall–Kier alpha value is -2.64. The Morgan fingerprint density at radius 1 is 1.10 bits per heavy atom. The van der Waals surface area contributed by atoms with Crippen LogP contribution in [-0.4, -0.2) is 29.7 Å². The zero-order valence-corrected chi connectivity index (χ0v) is 17.9. The molecule has 0 atom stereocenters. The molecule has 0 spiro atoms. The zero-order valence-electron chi connectivity index (χ0n) is 16.3. The Bertz CT molecular complexity index is 966. The number of nitrogens with zero attached hydrogens (tertiary/aromatic N) is 1. The summed E-state index contributed by atoms with van der Waals surface area (Å²) >= 11 is 3.14. The van der Waals surface area contributed by atoms with Gasteiger partial charge in [-0.15, -0.1) is 23.1 Å². The molecule has 0 fully saturated rings. The van der Waals surface area contributed by atoms with Gasteiger partial charge >= 0.3 is 5.97 Å². The summed E-state index contributed by atoms with van der Waals surface area (Å²) in [5.41, 5.74) is 3.38. The van der Waals surface area contributed by atoms with Crippen molar-refractivity contribution in [2.75, 3.05) is 18.2 Å². The molecular weight excluding hydrogens is 404 g/mol. The SMILES string of the molecule is COC(=O)c1ccc(-c2csc(NC(=O)CCCSc3ccc(C)cc3)n2)cc1. The fourth-order valence-electron chi connectivity index (χ4n) is 2.60. The molecule has 29 heavy (non-hydrogen) atoms. The molecule has 5 nitrogen and oxygen atoms in total. The minimum Gasteiger partial charge on any atom is -0.465 e. The van der Waals surface area contributed by atoms with Crippen LogP contribution < -0.4 is 5.32 Å². The smallest absolute Gasteiger partial charge is 0.337 e. The number of anilines is 1. The molecule has 0 aliphatic heterocycles. The van der Waals surface area contributed by atoms with Crippen LogP contribution in [0, 0.1) is 6.92 Å². The van der Waals surface area contributed by atoms with E-state index in [1.165, 1.54) is 28.9 Å². The molecule has 0 unspecified atom stereocenters. The lowest BCUT2D eigenvalue weighted by molar-refractivity contribution is -0.116. The Kier molecular flexibility index (Phi) is 7.43. The molecule has 1 N–H and O–H groups in total. The van der Waals surface area contributed by atoms with Gasteiger partial charge in [0.1, 0.15) is 0 Å². The number of methoxy groups -OCH3 is 1. The molecule has 0 aliphatic rings. The van der Waals surface area contributed by atoms with Crippen LogP contribution in [0.2, 0.25) is 0 Å². The first-order valence-electron chi connectivity index (χ1n) is 9.19. The summed E-state index contributed by atoms with van der Waals surface area (Å²) in [6, 6.07) is 15.4. The molecule has 0 radical (unpaired) electrons. The van der Waals surface area contributed by atoms with E-state index in [0.29, 0.717) is 17.1 Å². The average Bonchev–Trinajstić information content (AvgIpc) is 3.20. The van der Waals surface area contributed by atoms with E-state index < -0.39 is 0 Å². The van der Waals surface area contributed by atoms with Crippen LogP contribution in [0.4, 0.5) is 5.13 Å². The number of benzene rings is 2. The molecule has 1 heterocycles. The lowest BCUT2D eigenvalue weighted by Gasteiger charge is -2.03. The Morgan fingerprint density at radius 3 is 2.52 bits per heavy atom. The van der Waals surface area contributed by atoms with E-state index in [2.05, 4.69) is 41.5 Å². The van der Waals surface area contributed by atoms with Crippen molar-refractivity contribution < 1.29 is 14.3 Å². The number of hydrogen-bond acceptors (Lipinski definition) is 6. The predicted molar refractivity (Wildman–Crippen MR) is 119 cm³/mol. The highest BCUT2D eigenvalue weighted by Gasteiger charge is 2.10. The number of aryl methyl sites for hydroxylation is 1. The van der Waals surface area contributed by atoms with E-state index in [4.69, 9.17) is 4.74 Å². The summed E-state index contributed by atoms with van der Waals surface area (Å²) in [5.74, 6) is 0.492. The lowest BCUT2D eigenvalue weighted by Crippen LogP contribution is -2.11. The van der Waals surface area contributed by atoms with Crippen molar-refractivity contribution >= 4 is 40.1 Å². The van der Waals surface area contributed by atoms with Crippen LogP contribution in [0.3, 0.4) is 0 Å². The second-order valence-corrected chi connectivity index (χ2v) is 8.45. The number of carbonyl (C=O) groups excluding carboxylic acids is 2. The number of rotatable bonds is 8. The number of amides is 1. The van der Waals surface area contributed by atoms with Gasteiger partial charge in [-0.3, -0.25) is 4.79 Å². The average molecular weight is 427 g/mol. The molecule has 1 amide bonds. The number of thioether (sulfide) groups is 1. The monoisotopic (exact) mass is 426 g/mol. The maximum Gasteiger partial charge on any atom is 0.337 e. The van der Waals surface area contributed by atoms with Crippen LogP contribution in [-0.2, 0) is 9.53 Å². The van der Waals surface area contributed by atoms with Gasteiger partial charge in [-0.2, -0.15) is 0 Å². The van der Waals surface area contributed by atoms with E-state index >= 15 is 0 Å². The van der Waals surface area contributed by atoms with E-state index in [9.17, 15) is 9.59 Å². The van der Waals surface area contributed by atoms with Crippen molar-refractivity contribution in [2.24, 2.45) is 0 Å². The molecular formula is C22H22N2O3S2. The van der Waals surface area contributed by atoms with Crippen molar-refractivity contribution in [3.63, 3.8) is 0 Å². The fraction of sp³-hybridized carbons (Fsp3) is 0.227. The number of ether oxygens (including phenoxy) is 1. The number of carbonyl (C=O) groups is 2. The van der Waals surface area contributed by atoms with E-state index in [0.717, 1.165) is 23.4 Å². The Balaban J connectivity index is 1.46. The zero-order chi connectivity index (χ0) is 20.6. The summed E-state index contributed by atoms with van der Waals surface area (Å²) in [6.07, 6.45) is 1.26. The maximum absolute atomic E-state index is 12.2. The summed E-state index contributed by atoms with van der Waals surface area (Å²) < 4.78 is 4.70. The Labute approximate surface area is 178 Å². The first-order chi connectivity index (χ1) is 14.0. The van der Waals surface area contributed by atoms with Gasteiger partial charge in [-0.1, -0.05) is 29.8 Å². The van der Waals surface area contributed by atoms with Crippen LogP contribution in [0.5, 0.6) is 0 Å². The van der Waals surface area contributed by atoms with Gasteiger partial charge in [0, 0.05) is 22.3 Å². The standard InChI is InChI=1S/C22H22N2O3S2/c1-15-5-11-18(12-6-15)28-13-3-4-20(25)24-22-23-19(14-29-22)16-7-9-17(10-8-16)21(26)27-2/h5-12,14H,3-4,13H2,1-2H3,(H,23,24,25). The van der Waals surface area contributed by atoms with E-state index in [-0.39, 0.29) is 11.9 Å². The van der Waals surface area contributed by atoms with Gasteiger partial charge in [0.15, 0.2) is 5.13 Å². The van der Waals surface area contributed by atoms with Crippen LogP contribution in [0.1, 0.15) is 28.8 Å². The first kappa shape index (κ1) is 21.1. The number of nitrogens with one attached hydrogen (secondary N) is 1. The molecule has 3 aromatic rings. The summed E-state index contributed by atoms with van der Waals surface area (Å²) in [6.45, 7) is 2.07. The highest BCUT2D eigenvalue weighted by atomic mass is 32.2. The third kappa shape index (κ3) is 6.17. The normalized spacial score (nSPS) is 10.6. The molecule has 7 heteroatoms. The highest BCUT2D eigenvalue weighted by Crippen LogP contribution is 2.26. The minimum atomic E-state index is -0.372. The minimum absolute atomic E-state index is 0.0311. The van der Waals surface area contributed by atoms with Gasteiger partial charge in [0.25, 0.3) is 0 Å². The van der Waals surface area contributed by atoms with Crippen LogP contribution in [0.25, 0.3) is 11.3 Å². The third-order valence-corrected chi connectivity index (χ3v) is 6.05. The quantitative estimate of drug-likeness (QED) is 0.296. The van der Waals surface area contributed by atoms with Gasteiger partial charge in [-0.25, -0.2) is 9.78 Å². The molecule has 0 aliphatic carbocycles. The number of hydrogen-bond donors (Lipinski definition) is 1. The van der Waals surface area contributed by atoms with Gasteiger partial charge in [0.2, 0.25) is 5.91 Å². The molecule has 0 saturated heterocycles. The lowest BCUT2D eigenvalue weighted by atomic mass is 10.1. The van der Waals surface area contributed by atoms with Gasteiger partial charge in [-0.05, 0) is 43.4 Å². The highest BCUT2D eigenvalue weighted by molar-refractivity contribution is 7.99. The molecule has 1 aromatic heterocycles. The molecule has 150 valence electrons. The summed E-state index contributed by atoms with van der Waals surface area (Å²) in [5, 5.41) is 5.32. The number of aromatic nitrogens is 1.